The molecule has 0 spiro atoms. The molecular weight excluding hydrogens is 330 g/mol. The van der Waals surface area contributed by atoms with Gasteiger partial charge in [0.2, 0.25) is 5.91 Å². The van der Waals surface area contributed by atoms with Crippen LogP contribution in [0.25, 0.3) is 0 Å². The number of aromatic nitrogens is 1. The van der Waals surface area contributed by atoms with E-state index in [-0.39, 0.29) is 17.9 Å². The molecule has 138 valence electrons. The Morgan fingerprint density at radius 2 is 1.69 bits per heavy atom. The normalized spacial score (nSPS) is 15.6. The van der Waals surface area contributed by atoms with Gasteiger partial charge in [-0.1, -0.05) is 13.0 Å². The monoisotopic (exact) mass is 355 g/mol. The van der Waals surface area contributed by atoms with Gasteiger partial charge in [-0.05, 0) is 36.8 Å². The number of ether oxygens (including phenoxy) is 1. The summed E-state index contributed by atoms with van der Waals surface area (Å²) in [7, 11) is 1.59. The molecular formula is C20H25N3O3. The third-order valence-corrected chi connectivity index (χ3v) is 4.85. The van der Waals surface area contributed by atoms with E-state index < -0.39 is 0 Å². The molecule has 0 bridgehead atoms. The molecule has 3 rings (SSSR count). The number of hydrogen-bond donors (Lipinski definition) is 0. The fourth-order valence-corrected chi connectivity index (χ4v) is 3.35. The van der Waals surface area contributed by atoms with Crippen molar-refractivity contribution < 1.29 is 14.3 Å². The average molecular weight is 355 g/mol. The van der Waals surface area contributed by atoms with Gasteiger partial charge in [-0.3, -0.25) is 9.59 Å². The molecule has 6 heteroatoms. The van der Waals surface area contributed by atoms with Crippen LogP contribution < -0.4 is 4.74 Å². The van der Waals surface area contributed by atoms with Gasteiger partial charge < -0.3 is 19.1 Å². The minimum Gasteiger partial charge on any atom is -0.497 e. The maximum absolute atomic E-state index is 12.8. The van der Waals surface area contributed by atoms with Crippen molar-refractivity contribution in [1.82, 2.24) is 14.4 Å². The third kappa shape index (κ3) is 3.74. The van der Waals surface area contributed by atoms with Crippen LogP contribution in [0, 0.1) is 0 Å². The van der Waals surface area contributed by atoms with Crippen molar-refractivity contribution in [1.29, 1.82) is 0 Å². The molecule has 1 atom stereocenters. The highest BCUT2D eigenvalue weighted by molar-refractivity contribution is 5.94. The molecule has 26 heavy (non-hydrogen) atoms. The number of carbonyl (C=O) groups is 2. The summed E-state index contributed by atoms with van der Waals surface area (Å²) in [5.74, 6) is 0.771. The molecule has 2 aromatic rings. The standard InChI is InChI=1S/C20H25N3O3/c1-3-18(21-9-4-5-10-21)20(25)23-13-11-22(12-14-23)19(24)16-7-6-8-17(15-16)26-2/h4-10,15,18H,3,11-14H2,1-2H3/t18-/m0/s1. The first-order valence-electron chi connectivity index (χ1n) is 8.98. The zero-order valence-electron chi connectivity index (χ0n) is 15.3. The summed E-state index contributed by atoms with van der Waals surface area (Å²) in [6, 6.07) is 10.9. The number of rotatable bonds is 5. The van der Waals surface area contributed by atoms with E-state index in [4.69, 9.17) is 4.74 Å². The lowest BCUT2D eigenvalue weighted by Gasteiger charge is -2.36. The molecule has 1 aliphatic rings. The summed E-state index contributed by atoms with van der Waals surface area (Å²) in [5.41, 5.74) is 0.614. The molecule has 2 heterocycles. The number of carbonyl (C=O) groups excluding carboxylic acids is 2. The number of nitrogens with zero attached hydrogens (tertiary/aromatic N) is 3. The number of amides is 2. The molecule has 0 saturated carbocycles. The number of methoxy groups -OCH3 is 1. The van der Waals surface area contributed by atoms with E-state index in [0.29, 0.717) is 37.5 Å². The maximum Gasteiger partial charge on any atom is 0.254 e. The van der Waals surface area contributed by atoms with Crippen molar-refractivity contribution in [2.45, 2.75) is 19.4 Å². The van der Waals surface area contributed by atoms with Crippen LogP contribution in [0.4, 0.5) is 0 Å². The van der Waals surface area contributed by atoms with Crippen LogP contribution in [0.15, 0.2) is 48.8 Å². The molecule has 0 unspecified atom stereocenters. The van der Waals surface area contributed by atoms with Gasteiger partial charge >= 0.3 is 0 Å². The van der Waals surface area contributed by atoms with Gasteiger partial charge in [-0.15, -0.1) is 0 Å². The molecule has 6 nitrogen and oxygen atoms in total. The van der Waals surface area contributed by atoms with E-state index in [2.05, 4.69) is 0 Å². The Morgan fingerprint density at radius 1 is 1.04 bits per heavy atom. The van der Waals surface area contributed by atoms with Crippen molar-refractivity contribution in [3.63, 3.8) is 0 Å². The van der Waals surface area contributed by atoms with E-state index in [1.165, 1.54) is 0 Å². The fraction of sp³-hybridized carbons (Fsp3) is 0.400. The smallest absolute Gasteiger partial charge is 0.254 e. The Morgan fingerprint density at radius 3 is 2.31 bits per heavy atom. The van der Waals surface area contributed by atoms with Crippen molar-refractivity contribution in [3.05, 3.63) is 54.4 Å². The van der Waals surface area contributed by atoms with E-state index in [0.717, 1.165) is 6.42 Å². The molecule has 0 radical (unpaired) electrons. The first-order valence-corrected chi connectivity index (χ1v) is 8.98. The molecule has 1 aromatic heterocycles. The maximum atomic E-state index is 12.8. The molecule has 1 aromatic carbocycles. The van der Waals surface area contributed by atoms with Crippen LogP contribution in [0.1, 0.15) is 29.7 Å². The lowest BCUT2D eigenvalue weighted by Crippen LogP contribution is -2.52. The summed E-state index contributed by atoms with van der Waals surface area (Å²) in [5, 5.41) is 0. The van der Waals surface area contributed by atoms with Crippen LogP contribution in [-0.2, 0) is 4.79 Å². The minimum absolute atomic E-state index is 0.0200. The van der Waals surface area contributed by atoms with Gasteiger partial charge in [0.15, 0.2) is 0 Å². The van der Waals surface area contributed by atoms with E-state index in [1.54, 1.807) is 24.1 Å². The molecule has 1 aliphatic heterocycles. The van der Waals surface area contributed by atoms with Gasteiger partial charge in [-0.25, -0.2) is 0 Å². The summed E-state index contributed by atoms with van der Waals surface area (Å²) in [4.78, 5) is 29.2. The van der Waals surface area contributed by atoms with Gasteiger partial charge in [0, 0.05) is 44.1 Å². The predicted octanol–water partition coefficient (Wildman–Crippen LogP) is 2.43. The second kappa shape index (κ2) is 8.08. The van der Waals surface area contributed by atoms with E-state index >= 15 is 0 Å². The highest BCUT2D eigenvalue weighted by atomic mass is 16.5. The molecule has 2 amide bonds. The first-order chi connectivity index (χ1) is 12.6. The Balaban J connectivity index is 1.61. The molecule has 1 saturated heterocycles. The van der Waals surface area contributed by atoms with Gasteiger partial charge in [-0.2, -0.15) is 0 Å². The van der Waals surface area contributed by atoms with E-state index in [9.17, 15) is 9.59 Å². The van der Waals surface area contributed by atoms with Crippen LogP contribution in [0.5, 0.6) is 5.75 Å². The second-order valence-electron chi connectivity index (χ2n) is 6.40. The SMILES string of the molecule is CC[C@@H](C(=O)N1CCN(C(=O)c2cccc(OC)c2)CC1)n1cccc1. The fourth-order valence-electron chi connectivity index (χ4n) is 3.35. The summed E-state index contributed by atoms with van der Waals surface area (Å²) < 4.78 is 7.14. The Bertz CT molecular complexity index is 749. The van der Waals surface area contributed by atoms with Crippen molar-refractivity contribution >= 4 is 11.8 Å². The predicted molar refractivity (Wildman–Crippen MR) is 99.2 cm³/mol. The quantitative estimate of drug-likeness (QED) is 0.828. The van der Waals surface area contributed by atoms with Crippen molar-refractivity contribution in [2.24, 2.45) is 0 Å². The minimum atomic E-state index is -0.175. The molecule has 0 N–H and O–H groups in total. The van der Waals surface area contributed by atoms with E-state index in [1.807, 2.05) is 53.0 Å². The third-order valence-electron chi connectivity index (χ3n) is 4.85. The van der Waals surface area contributed by atoms with Gasteiger partial charge in [0.05, 0.1) is 7.11 Å². The van der Waals surface area contributed by atoms with Crippen LogP contribution in [0.2, 0.25) is 0 Å². The first kappa shape index (κ1) is 18.0. The number of piperazine rings is 1. The zero-order chi connectivity index (χ0) is 18.5. The lowest BCUT2D eigenvalue weighted by molar-refractivity contribution is -0.136. The second-order valence-corrected chi connectivity index (χ2v) is 6.40. The molecule has 0 aliphatic carbocycles. The van der Waals surface area contributed by atoms with Crippen LogP contribution in [0.3, 0.4) is 0 Å². The van der Waals surface area contributed by atoms with Gasteiger partial charge in [0.25, 0.3) is 5.91 Å². The van der Waals surface area contributed by atoms with Gasteiger partial charge in [0.1, 0.15) is 11.8 Å². The van der Waals surface area contributed by atoms with Crippen molar-refractivity contribution in [3.8, 4) is 5.75 Å². The van der Waals surface area contributed by atoms with Crippen LogP contribution in [-0.4, -0.2) is 59.5 Å². The Hall–Kier alpha value is -2.76. The highest BCUT2D eigenvalue weighted by Gasteiger charge is 2.29. The summed E-state index contributed by atoms with van der Waals surface area (Å²) in [6.45, 7) is 4.23. The number of benzene rings is 1. The number of hydrogen-bond acceptors (Lipinski definition) is 3. The average Bonchev–Trinajstić information content (AvgIpc) is 3.22. The van der Waals surface area contributed by atoms with Crippen LogP contribution >= 0.6 is 0 Å². The summed E-state index contributed by atoms with van der Waals surface area (Å²) in [6.07, 6.45) is 4.60. The Kier molecular flexibility index (Phi) is 5.61. The topological polar surface area (TPSA) is 54.8 Å². The zero-order valence-corrected chi connectivity index (χ0v) is 15.3. The largest absolute Gasteiger partial charge is 0.497 e. The Labute approximate surface area is 154 Å². The highest BCUT2D eigenvalue weighted by Crippen LogP contribution is 2.19. The van der Waals surface area contributed by atoms with Crippen molar-refractivity contribution in [2.75, 3.05) is 33.3 Å². The lowest BCUT2D eigenvalue weighted by atomic mass is 10.1. The molecule has 1 fully saturated rings. The summed E-state index contributed by atoms with van der Waals surface area (Å²) >= 11 is 0.